The van der Waals surface area contributed by atoms with Crippen molar-refractivity contribution in [2.24, 2.45) is 5.92 Å². The summed E-state index contributed by atoms with van der Waals surface area (Å²) >= 11 is 0. The molecule has 0 bridgehead atoms. The summed E-state index contributed by atoms with van der Waals surface area (Å²) in [5, 5.41) is 4.13. The second-order valence-corrected chi connectivity index (χ2v) is 9.02. The van der Waals surface area contributed by atoms with Gasteiger partial charge in [0, 0.05) is 49.1 Å². The first kappa shape index (κ1) is 21.7. The Labute approximate surface area is 184 Å². The van der Waals surface area contributed by atoms with Crippen LogP contribution >= 0.6 is 0 Å². The molecular weight excluding hydrogens is 390 g/mol. The van der Waals surface area contributed by atoms with Crippen molar-refractivity contribution in [3.63, 3.8) is 0 Å². The number of aromatic nitrogens is 1. The summed E-state index contributed by atoms with van der Waals surface area (Å²) in [7, 11) is 1.66. The molecule has 0 spiro atoms. The van der Waals surface area contributed by atoms with E-state index in [4.69, 9.17) is 4.74 Å². The number of methoxy groups -OCH3 is 1. The van der Waals surface area contributed by atoms with Crippen molar-refractivity contribution in [2.45, 2.75) is 70.3 Å². The second-order valence-electron chi connectivity index (χ2n) is 9.02. The van der Waals surface area contributed by atoms with Crippen LogP contribution in [0, 0.1) is 5.92 Å². The van der Waals surface area contributed by atoms with Crippen molar-refractivity contribution in [1.29, 1.82) is 0 Å². The molecule has 1 aromatic heterocycles. The minimum Gasteiger partial charge on any atom is -0.497 e. The van der Waals surface area contributed by atoms with E-state index < -0.39 is 0 Å². The first-order valence-corrected chi connectivity index (χ1v) is 11.9. The van der Waals surface area contributed by atoms with Crippen LogP contribution in [0.25, 0.3) is 10.9 Å². The number of aromatic amines is 1. The van der Waals surface area contributed by atoms with Crippen molar-refractivity contribution in [3.05, 3.63) is 30.0 Å². The van der Waals surface area contributed by atoms with Crippen molar-refractivity contribution < 1.29 is 14.3 Å². The predicted molar refractivity (Wildman–Crippen MR) is 122 cm³/mol. The average molecular weight is 426 g/mol. The molecule has 2 heterocycles. The summed E-state index contributed by atoms with van der Waals surface area (Å²) < 4.78 is 5.31. The maximum Gasteiger partial charge on any atom is 0.222 e. The Balaban J connectivity index is 1.18. The zero-order valence-corrected chi connectivity index (χ0v) is 18.6. The lowest BCUT2D eigenvalue weighted by atomic mass is 9.78. The van der Waals surface area contributed by atoms with Gasteiger partial charge in [0.1, 0.15) is 5.75 Å². The van der Waals surface area contributed by atoms with Crippen molar-refractivity contribution in [1.82, 2.24) is 15.2 Å². The molecule has 2 aromatic rings. The van der Waals surface area contributed by atoms with Crippen LogP contribution in [0.1, 0.15) is 63.4 Å². The van der Waals surface area contributed by atoms with E-state index in [0.29, 0.717) is 37.8 Å². The molecule has 2 N–H and O–H groups in total. The number of ether oxygens (including phenoxy) is 1. The summed E-state index contributed by atoms with van der Waals surface area (Å²) in [6.07, 6.45) is 11.7. The molecule has 1 aromatic carbocycles. The number of hydrogen-bond donors (Lipinski definition) is 2. The van der Waals surface area contributed by atoms with Crippen LogP contribution in [0.2, 0.25) is 0 Å². The molecule has 2 fully saturated rings. The third kappa shape index (κ3) is 5.23. The standard InChI is InChI=1S/C25H35N3O3/c1-31-20-11-12-22-21(16-20)19(17-27-22)13-14-26-24(29)9-4-10-25(30)28-15-5-7-18-6-2-3-8-23(18)28/h11-12,16-18,23,27H,2-10,13-15H2,1H3,(H,26,29). The van der Waals surface area contributed by atoms with Crippen LogP contribution in [0.5, 0.6) is 5.75 Å². The molecule has 2 aliphatic rings. The van der Waals surface area contributed by atoms with E-state index in [1.165, 1.54) is 25.7 Å². The second kappa shape index (κ2) is 10.2. The molecule has 6 nitrogen and oxygen atoms in total. The van der Waals surface area contributed by atoms with Gasteiger partial charge in [-0.3, -0.25) is 9.59 Å². The Morgan fingerprint density at radius 3 is 2.87 bits per heavy atom. The van der Waals surface area contributed by atoms with Gasteiger partial charge in [0.2, 0.25) is 11.8 Å². The highest BCUT2D eigenvalue weighted by Crippen LogP contribution is 2.35. The smallest absolute Gasteiger partial charge is 0.222 e. The molecule has 2 amide bonds. The Morgan fingerprint density at radius 2 is 2.00 bits per heavy atom. The number of likely N-dealkylation sites (tertiary alicyclic amines) is 1. The number of carbonyl (C=O) groups excluding carboxylic acids is 2. The third-order valence-corrected chi connectivity index (χ3v) is 7.05. The maximum absolute atomic E-state index is 12.8. The zero-order valence-electron chi connectivity index (χ0n) is 18.6. The fourth-order valence-corrected chi connectivity index (χ4v) is 5.39. The Bertz CT molecular complexity index is 905. The highest BCUT2D eigenvalue weighted by Gasteiger charge is 2.35. The normalized spacial score (nSPS) is 21.0. The molecule has 168 valence electrons. The summed E-state index contributed by atoms with van der Waals surface area (Å²) in [6.45, 7) is 1.49. The largest absolute Gasteiger partial charge is 0.497 e. The number of nitrogens with one attached hydrogen (secondary N) is 2. The van der Waals surface area contributed by atoms with Crippen molar-refractivity contribution in [3.8, 4) is 5.75 Å². The molecule has 31 heavy (non-hydrogen) atoms. The number of H-pyrrole nitrogens is 1. The fraction of sp³-hybridized carbons (Fsp3) is 0.600. The topological polar surface area (TPSA) is 74.4 Å². The Kier molecular flexibility index (Phi) is 7.15. The monoisotopic (exact) mass is 425 g/mol. The number of amides is 2. The van der Waals surface area contributed by atoms with E-state index in [9.17, 15) is 9.59 Å². The number of hydrogen-bond acceptors (Lipinski definition) is 3. The number of fused-ring (bicyclic) bond motifs is 2. The first-order chi connectivity index (χ1) is 15.2. The van der Waals surface area contributed by atoms with Crippen LogP contribution in [-0.2, 0) is 16.0 Å². The molecule has 0 radical (unpaired) electrons. The van der Waals surface area contributed by atoms with E-state index in [2.05, 4.69) is 15.2 Å². The molecule has 6 heteroatoms. The minimum absolute atomic E-state index is 0.0272. The molecule has 4 rings (SSSR count). The van der Waals surface area contributed by atoms with E-state index in [1.807, 2.05) is 24.4 Å². The highest BCUT2D eigenvalue weighted by atomic mass is 16.5. The zero-order chi connectivity index (χ0) is 21.6. The molecule has 1 saturated carbocycles. The fourth-order valence-electron chi connectivity index (χ4n) is 5.39. The van der Waals surface area contributed by atoms with Gasteiger partial charge in [-0.15, -0.1) is 0 Å². The summed E-state index contributed by atoms with van der Waals surface area (Å²) in [5.74, 6) is 1.81. The minimum atomic E-state index is 0.0272. The van der Waals surface area contributed by atoms with Gasteiger partial charge in [-0.1, -0.05) is 12.8 Å². The summed E-state index contributed by atoms with van der Waals surface area (Å²) in [6, 6.07) is 6.42. The molecule has 2 unspecified atom stereocenters. The summed E-state index contributed by atoms with van der Waals surface area (Å²) in [4.78, 5) is 30.4. The van der Waals surface area contributed by atoms with Crippen molar-refractivity contribution in [2.75, 3.05) is 20.2 Å². The van der Waals surface area contributed by atoms with Gasteiger partial charge in [-0.05, 0) is 68.2 Å². The number of carbonyl (C=O) groups is 2. The van der Waals surface area contributed by atoms with Gasteiger partial charge in [0.15, 0.2) is 0 Å². The molecule has 1 aliphatic heterocycles. The Hall–Kier alpha value is -2.50. The maximum atomic E-state index is 12.8. The lowest BCUT2D eigenvalue weighted by Crippen LogP contribution is -2.49. The van der Waals surface area contributed by atoms with Crippen LogP contribution in [0.3, 0.4) is 0 Å². The van der Waals surface area contributed by atoms with Gasteiger partial charge < -0.3 is 19.9 Å². The number of rotatable bonds is 8. The van der Waals surface area contributed by atoms with Crippen LogP contribution < -0.4 is 10.1 Å². The lowest BCUT2D eigenvalue weighted by Gasteiger charge is -2.44. The van der Waals surface area contributed by atoms with E-state index in [1.54, 1.807) is 7.11 Å². The van der Waals surface area contributed by atoms with Crippen LogP contribution in [-0.4, -0.2) is 47.9 Å². The van der Waals surface area contributed by atoms with E-state index in [0.717, 1.165) is 48.0 Å². The van der Waals surface area contributed by atoms with Crippen molar-refractivity contribution >= 4 is 22.7 Å². The SMILES string of the molecule is COc1ccc2[nH]cc(CCNC(=O)CCCC(=O)N3CCCC4CCCCC43)c2c1. The molecule has 1 saturated heterocycles. The molecule has 1 aliphatic carbocycles. The average Bonchev–Trinajstić information content (AvgIpc) is 3.20. The van der Waals surface area contributed by atoms with Gasteiger partial charge in [0.05, 0.1) is 7.11 Å². The number of piperidine rings is 1. The molecule has 2 atom stereocenters. The van der Waals surface area contributed by atoms with Gasteiger partial charge >= 0.3 is 0 Å². The van der Waals surface area contributed by atoms with E-state index >= 15 is 0 Å². The van der Waals surface area contributed by atoms with Crippen LogP contribution in [0.4, 0.5) is 0 Å². The van der Waals surface area contributed by atoms with E-state index in [-0.39, 0.29) is 11.8 Å². The van der Waals surface area contributed by atoms with Gasteiger partial charge in [-0.2, -0.15) is 0 Å². The lowest BCUT2D eigenvalue weighted by molar-refractivity contribution is -0.137. The predicted octanol–water partition coefficient (Wildman–Crippen LogP) is 4.19. The number of nitrogens with zero attached hydrogens (tertiary/aromatic N) is 1. The number of benzene rings is 1. The Morgan fingerprint density at radius 1 is 1.16 bits per heavy atom. The highest BCUT2D eigenvalue weighted by molar-refractivity contribution is 5.85. The van der Waals surface area contributed by atoms with Gasteiger partial charge in [0.25, 0.3) is 0 Å². The first-order valence-electron chi connectivity index (χ1n) is 11.9. The summed E-state index contributed by atoms with van der Waals surface area (Å²) in [5.41, 5.74) is 2.23. The third-order valence-electron chi connectivity index (χ3n) is 7.05. The quantitative estimate of drug-likeness (QED) is 0.666. The van der Waals surface area contributed by atoms with Gasteiger partial charge in [-0.25, -0.2) is 0 Å². The molecular formula is C25H35N3O3. The van der Waals surface area contributed by atoms with Crippen LogP contribution in [0.15, 0.2) is 24.4 Å².